The van der Waals surface area contributed by atoms with Crippen molar-refractivity contribution in [1.29, 1.82) is 0 Å². The van der Waals surface area contributed by atoms with E-state index in [4.69, 9.17) is 5.73 Å². The van der Waals surface area contributed by atoms with Crippen LogP contribution in [-0.2, 0) is 5.54 Å². The Kier molecular flexibility index (Phi) is 4.27. The van der Waals surface area contributed by atoms with E-state index in [-0.39, 0.29) is 11.4 Å². The molecular formula is C17H22N4O2. The van der Waals surface area contributed by atoms with Crippen molar-refractivity contribution in [3.63, 3.8) is 0 Å². The number of nitrogens with two attached hydrogens (primary N) is 1. The molecule has 0 aliphatic rings. The first-order valence-electron chi connectivity index (χ1n) is 7.38. The lowest BCUT2D eigenvalue weighted by atomic mass is 10.1. The molecule has 0 saturated heterocycles. The number of anilines is 1. The van der Waals surface area contributed by atoms with Crippen LogP contribution in [0.5, 0.6) is 0 Å². The molecule has 0 aliphatic heterocycles. The van der Waals surface area contributed by atoms with Crippen molar-refractivity contribution in [3.8, 4) is 0 Å². The number of benzene rings is 1. The summed E-state index contributed by atoms with van der Waals surface area (Å²) in [5, 5.41) is 7.12. The van der Waals surface area contributed by atoms with Crippen LogP contribution in [0.4, 0.5) is 5.69 Å². The normalized spacial score (nSPS) is 11.3. The summed E-state index contributed by atoms with van der Waals surface area (Å²) in [5.74, 6) is -0.846. The van der Waals surface area contributed by atoms with E-state index in [1.165, 1.54) is 0 Å². The maximum atomic E-state index is 12.4. The summed E-state index contributed by atoms with van der Waals surface area (Å²) in [7, 11) is 0. The Morgan fingerprint density at radius 2 is 1.83 bits per heavy atom. The quantitative estimate of drug-likeness (QED) is 0.912. The smallest absolute Gasteiger partial charge is 0.276 e. The number of hydrogen-bond donors (Lipinski definition) is 2. The van der Waals surface area contributed by atoms with Gasteiger partial charge in [-0.15, -0.1) is 0 Å². The topological polar surface area (TPSA) is 90.0 Å². The van der Waals surface area contributed by atoms with E-state index < -0.39 is 5.91 Å². The average molecular weight is 314 g/mol. The molecule has 2 amide bonds. The molecule has 3 N–H and O–H groups in total. The highest BCUT2D eigenvalue weighted by Crippen LogP contribution is 2.19. The second kappa shape index (κ2) is 5.87. The van der Waals surface area contributed by atoms with Gasteiger partial charge in [-0.2, -0.15) is 5.10 Å². The summed E-state index contributed by atoms with van der Waals surface area (Å²) >= 11 is 0. The van der Waals surface area contributed by atoms with Crippen LogP contribution in [0.1, 0.15) is 52.9 Å². The van der Waals surface area contributed by atoms with E-state index in [9.17, 15) is 9.59 Å². The molecule has 2 aromatic rings. The van der Waals surface area contributed by atoms with Gasteiger partial charge in [0.1, 0.15) is 0 Å². The largest absolute Gasteiger partial charge is 0.366 e. The molecule has 1 aromatic carbocycles. The molecule has 6 nitrogen and oxygen atoms in total. The van der Waals surface area contributed by atoms with Crippen molar-refractivity contribution in [3.05, 3.63) is 46.8 Å². The second-order valence-electron chi connectivity index (χ2n) is 6.60. The first-order chi connectivity index (χ1) is 10.6. The standard InChI is InChI=1S/C17H22N4O2/c1-10-6-7-12(9-13(10)15(18)22)19-16(23)14-8-11(2)21(20-14)17(3,4)5/h6-9H,1-5H3,(H2,18,22)(H,19,23). The molecular weight excluding hydrogens is 292 g/mol. The van der Waals surface area contributed by atoms with Gasteiger partial charge < -0.3 is 11.1 Å². The zero-order valence-corrected chi connectivity index (χ0v) is 14.1. The molecule has 0 spiro atoms. The van der Waals surface area contributed by atoms with Gasteiger partial charge in [-0.1, -0.05) is 6.07 Å². The number of nitrogens with one attached hydrogen (secondary N) is 1. The van der Waals surface area contributed by atoms with Gasteiger partial charge in [0, 0.05) is 16.9 Å². The summed E-state index contributed by atoms with van der Waals surface area (Å²) < 4.78 is 1.81. The molecule has 0 atom stereocenters. The highest BCUT2D eigenvalue weighted by atomic mass is 16.2. The first kappa shape index (κ1) is 16.7. The number of nitrogens with zero attached hydrogens (tertiary/aromatic N) is 2. The van der Waals surface area contributed by atoms with Gasteiger partial charge in [-0.3, -0.25) is 14.3 Å². The monoisotopic (exact) mass is 314 g/mol. The fourth-order valence-electron chi connectivity index (χ4n) is 2.42. The molecule has 1 heterocycles. The molecule has 0 saturated carbocycles. The van der Waals surface area contributed by atoms with Crippen molar-refractivity contribution in [1.82, 2.24) is 9.78 Å². The maximum Gasteiger partial charge on any atom is 0.276 e. The number of aromatic nitrogens is 2. The number of carbonyl (C=O) groups excluding carboxylic acids is 2. The van der Waals surface area contributed by atoms with Crippen molar-refractivity contribution in [2.75, 3.05) is 5.32 Å². The highest BCUT2D eigenvalue weighted by Gasteiger charge is 2.20. The van der Waals surface area contributed by atoms with Gasteiger partial charge in [0.15, 0.2) is 5.69 Å². The van der Waals surface area contributed by atoms with E-state index in [2.05, 4.69) is 10.4 Å². The molecule has 122 valence electrons. The van der Waals surface area contributed by atoms with Gasteiger partial charge in [0.25, 0.3) is 5.91 Å². The zero-order valence-electron chi connectivity index (χ0n) is 14.1. The van der Waals surface area contributed by atoms with Crippen molar-refractivity contribution in [2.24, 2.45) is 5.73 Å². The van der Waals surface area contributed by atoms with Crippen molar-refractivity contribution < 1.29 is 9.59 Å². The Morgan fingerprint density at radius 1 is 1.17 bits per heavy atom. The lowest BCUT2D eigenvalue weighted by Crippen LogP contribution is -2.25. The van der Waals surface area contributed by atoms with Crippen LogP contribution in [0.2, 0.25) is 0 Å². The van der Waals surface area contributed by atoms with Crippen LogP contribution < -0.4 is 11.1 Å². The van der Waals surface area contributed by atoms with Gasteiger partial charge in [0.2, 0.25) is 5.91 Å². The number of amides is 2. The third kappa shape index (κ3) is 3.59. The number of primary amides is 1. The van der Waals surface area contributed by atoms with Gasteiger partial charge >= 0.3 is 0 Å². The predicted octanol–water partition coefficient (Wildman–Crippen LogP) is 2.61. The third-order valence-corrected chi connectivity index (χ3v) is 3.52. The fraction of sp³-hybridized carbons (Fsp3) is 0.353. The van der Waals surface area contributed by atoms with Gasteiger partial charge in [0.05, 0.1) is 5.54 Å². The summed E-state index contributed by atoms with van der Waals surface area (Å²) in [6, 6.07) is 6.79. The lowest BCUT2D eigenvalue weighted by Gasteiger charge is -2.21. The summed E-state index contributed by atoms with van der Waals surface area (Å²) in [4.78, 5) is 23.8. The third-order valence-electron chi connectivity index (χ3n) is 3.52. The molecule has 0 fully saturated rings. The summed E-state index contributed by atoms with van der Waals surface area (Å²) in [5.41, 5.74) is 8.03. The molecule has 23 heavy (non-hydrogen) atoms. The lowest BCUT2D eigenvalue weighted by molar-refractivity contribution is 0.0994. The number of aryl methyl sites for hydroxylation is 2. The van der Waals surface area contributed by atoms with Crippen LogP contribution in [0.25, 0.3) is 0 Å². The first-order valence-corrected chi connectivity index (χ1v) is 7.38. The average Bonchev–Trinajstić information content (AvgIpc) is 2.83. The zero-order chi connectivity index (χ0) is 17.4. The molecule has 0 radical (unpaired) electrons. The second-order valence-corrected chi connectivity index (χ2v) is 6.60. The fourth-order valence-corrected chi connectivity index (χ4v) is 2.42. The van der Waals surface area contributed by atoms with Crippen LogP contribution in [0, 0.1) is 13.8 Å². The Hall–Kier alpha value is -2.63. The summed E-state index contributed by atoms with van der Waals surface area (Å²) in [6.45, 7) is 9.77. The molecule has 0 bridgehead atoms. The summed E-state index contributed by atoms with van der Waals surface area (Å²) in [6.07, 6.45) is 0. The van der Waals surface area contributed by atoms with Crippen LogP contribution in [0.3, 0.4) is 0 Å². The van der Waals surface area contributed by atoms with E-state index >= 15 is 0 Å². The Morgan fingerprint density at radius 3 is 2.35 bits per heavy atom. The van der Waals surface area contributed by atoms with Crippen LogP contribution >= 0.6 is 0 Å². The van der Waals surface area contributed by atoms with Crippen molar-refractivity contribution in [2.45, 2.75) is 40.2 Å². The minimum atomic E-state index is -0.522. The van der Waals surface area contributed by atoms with E-state index in [0.717, 1.165) is 11.3 Å². The van der Waals surface area contributed by atoms with E-state index in [0.29, 0.717) is 16.9 Å². The maximum absolute atomic E-state index is 12.4. The van der Waals surface area contributed by atoms with Gasteiger partial charge in [-0.05, 0) is 58.4 Å². The minimum Gasteiger partial charge on any atom is -0.366 e. The molecule has 1 aromatic heterocycles. The Bertz CT molecular complexity index is 769. The Balaban J connectivity index is 2.26. The molecule has 6 heteroatoms. The van der Waals surface area contributed by atoms with E-state index in [1.807, 2.05) is 32.4 Å². The molecule has 2 rings (SSSR count). The number of rotatable bonds is 3. The van der Waals surface area contributed by atoms with E-state index in [1.54, 1.807) is 31.2 Å². The van der Waals surface area contributed by atoms with Crippen LogP contribution in [0.15, 0.2) is 24.3 Å². The van der Waals surface area contributed by atoms with Gasteiger partial charge in [-0.25, -0.2) is 0 Å². The minimum absolute atomic E-state index is 0.203. The highest BCUT2D eigenvalue weighted by molar-refractivity contribution is 6.04. The Labute approximate surface area is 135 Å². The van der Waals surface area contributed by atoms with Crippen LogP contribution in [-0.4, -0.2) is 21.6 Å². The molecule has 0 aliphatic carbocycles. The number of hydrogen-bond acceptors (Lipinski definition) is 3. The van der Waals surface area contributed by atoms with Crippen molar-refractivity contribution >= 4 is 17.5 Å². The SMILES string of the molecule is Cc1ccc(NC(=O)c2cc(C)n(C(C)(C)C)n2)cc1C(N)=O. The predicted molar refractivity (Wildman–Crippen MR) is 89.6 cm³/mol. The molecule has 0 unspecified atom stereocenters. The number of carbonyl (C=O) groups is 2.